The van der Waals surface area contributed by atoms with E-state index in [0.29, 0.717) is 33.1 Å². The highest BCUT2D eigenvalue weighted by Gasteiger charge is 2.37. The molecule has 0 spiro atoms. The number of carbonyl (C=O) groups excluding carboxylic acids is 2. The van der Waals surface area contributed by atoms with Crippen LogP contribution in [0.15, 0.2) is 36.4 Å². The molecule has 0 radical (unpaired) electrons. The maximum atomic E-state index is 12.6. The number of hydrogen-bond acceptors (Lipinski definition) is 4. The van der Waals surface area contributed by atoms with Gasteiger partial charge in [-0.05, 0) is 36.4 Å². The molecular formula is C16H13ClN2O3. The number of amides is 2. The van der Waals surface area contributed by atoms with E-state index in [-0.39, 0.29) is 12.5 Å². The molecule has 0 bridgehead atoms. The van der Waals surface area contributed by atoms with Crippen LogP contribution in [-0.2, 0) is 11.3 Å². The van der Waals surface area contributed by atoms with Crippen molar-refractivity contribution in [2.24, 2.45) is 0 Å². The summed E-state index contributed by atoms with van der Waals surface area (Å²) in [7, 11) is 1.54. The molecule has 0 saturated heterocycles. The molecule has 0 aliphatic carbocycles. The zero-order chi connectivity index (χ0) is 15.9. The Kier molecular flexibility index (Phi) is 3.60. The van der Waals surface area contributed by atoms with Gasteiger partial charge in [0, 0.05) is 23.4 Å². The molecule has 1 aliphatic rings. The average molecular weight is 317 g/mol. The number of benzene rings is 2. The van der Waals surface area contributed by atoms with Gasteiger partial charge in [-0.25, -0.2) is 4.90 Å². The summed E-state index contributed by atoms with van der Waals surface area (Å²) in [5, 5.41) is 0.413. The second-order valence-electron chi connectivity index (χ2n) is 4.96. The number of nitrogens with two attached hydrogens (primary N) is 1. The average Bonchev–Trinajstić information content (AvgIpc) is 2.72. The van der Waals surface area contributed by atoms with Crippen LogP contribution >= 0.6 is 11.6 Å². The van der Waals surface area contributed by atoms with Crippen molar-refractivity contribution in [3.63, 3.8) is 0 Å². The Bertz CT molecular complexity index is 789. The van der Waals surface area contributed by atoms with Gasteiger partial charge in [-0.2, -0.15) is 0 Å². The maximum absolute atomic E-state index is 12.6. The van der Waals surface area contributed by atoms with Crippen LogP contribution in [0.25, 0.3) is 0 Å². The van der Waals surface area contributed by atoms with Crippen molar-refractivity contribution in [3.8, 4) is 0 Å². The molecule has 1 aliphatic heterocycles. The van der Waals surface area contributed by atoms with E-state index < -0.39 is 5.91 Å². The first-order chi connectivity index (χ1) is 10.5. The lowest BCUT2D eigenvalue weighted by atomic mass is 10.1. The normalized spacial score (nSPS) is 13.6. The third-order valence-corrected chi connectivity index (χ3v) is 3.73. The van der Waals surface area contributed by atoms with E-state index in [1.54, 1.807) is 30.3 Å². The van der Waals surface area contributed by atoms with Crippen molar-refractivity contribution in [3.05, 3.63) is 58.1 Å². The lowest BCUT2D eigenvalue weighted by molar-refractivity contribution is 0.0925. The SMILES string of the molecule is COCc1cc(N)ccc1N1C(=O)c2ccc(Cl)cc2C1=O. The van der Waals surface area contributed by atoms with Crippen molar-refractivity contribution in [2.75, 3.05) is 17.7 Å². The van der Waals surface area contributed by atoms with E-state index in [4.69, 9.17) is 22.1 Å². The van der Waals surface area contributed by atoms with Gasteiger partial charge in [0.25, 0.3) is 11.8 Å². The minimum Gasteiger partial charge on any atom is -0.399 e. The molecule has 0 saturated carbocycles. The summed E-state index contributed by atoms with van der Waals surface area (Å²) in [6.07, 6.45) is 0. The molecule has 1 heterocycles. The highest BCUT2D eigenvalue weighted by atomic mass is 35.5. The molecule has 0 fully saturated rings. The molecule has 2 amide bonds. The number of anilines is 2. The smallest absolute Gasteiger partial charge is 0.266 e. The molecule has 0 unspecified atom stereocenters. The third kappa shape index (κ3) is 2.24. The Labute approximate surface area is 132 Å². The zero-order valence-corrected chi connectivity index (χ0v) is 12.6. The lowest BCUT2D eigenvalue weighted by Crippen LogP contribution is -2.30. The Morgan fingerprint density at radius 3 is 2.55 bits per heavy atom. The first-order valence-electron chi connectivity index (χ1n) is 6.58. The molecule has 5 nitrogen and oxygen atoms in total. The van der Waals surface area contributed by atoms with E-state index in [9.17, 15) is 9.59 Å². The van der Waals surface area contributed by atoms with Gasteiger partial charge in [0.2, 0.25) is 0 Å². The summed E-state index contributed by atoms with van der Waals surface area (Å²) in [4.78, 5) is 26.3. The molecule has 0 atom stereocenters. The van der Waals surface area contributed by atoms with Gasteiger partial charge in [0.15, 0.2) is 0 Å². The van der Waals surface area contributed by atoms with Gasteiger partial charge in [-0.1, -0.05) is 11.6 Å². The van der Waals surface area contributed by atoms with Gasteiger partial charge < -0.3 is 10.5 Å². The summed E-state index contributed by atoms with van der Waals surface area (Å²) in [5.41, 5.74) is 8.09. The van der Waals surface area contributed by atoms with Crippen molar-refractivity contribution < 1.29 is 14.3 Å². The van der Waals surface area contributed by atoms with Crippen LogP contribution in [0.1, 0.15) is 26.3 Å². The Hall–Kier alpha value is -2.37. The number of halogens is 1. The predicted molar refractivity (Wildman–Crippen MR) is 84.2 cm³/mol. The van der Waals surface area contributed by atoms with Crippen LogP contribution in [-0.4, -0.2) is 18.9 Å². The van der Waals surface area contributed by atoms with E-state index in [0.717, 1.165) is 4.90 Å². The number of fused-ring (bicyclic) bond motifs is 1. The fraction of sp³-hybridized carbons (Fsp3) is 0.125. The third-order valence-electron chi connectivity index (χ3n) is 3.49. The molecule has 6 heteroatoms. The van der Waals surface area contributed by atoms with Gasteiger partial charge in [-0.15, -0.1) is 0 Å². The number of hydrogen-bond donors (Lipinski definition) is 1. The molecule has 0 aromatic heterocycles. The topological polar surface area (TPSA) is 72.6 Å². The largest absolute Gasteiger partial charge is 0.399 e. The zero-order valence-electron chi connectivity index (χ0n) is 11.8. The molecular weight excluding hydrogens is 304 g/mol. The molecule has 2 N–H and O–H groups in total. The lowest BCUT2D eigenvalue weighted by Gasteiger charge is -2.18. The number of imide groups is 1. The number of nitrogen functional groups attached to an aromatic ring is 1. The van der Waals surface area contributed by atoms with Gasteiger partial charge >= 0.3 is 0 Å². The Balaban J connectivity index is 2.11. The van der Waals surface area contributed by atoms with Crippen molar-refractivity contribution in [2.45, 2.75) is 6.61 Å². The van der Waals surface area contributed by atoms with E-state index >= 15 is 0 Å². The summed E-state index contributed by atoms with van der Waals surface area (Å²) in [5.74, 6) is -0.775. The van der Waals surface area contributed by atoms with Crippen LogP contribution in [0, 0.1) is 0 Å². The van der Waals surface area contributed by atoms with E-state index in [1.807, 2.05) is 0 Å². The van der Waals surface area contributed by atoms with Gasteiger partial charge in [-0.3, -0.25) is 9.59 Å². The maximum Gasteiger partial charge on any atom is 0.266 e. The summed E-state index contributed by atoms with van der Waals surface area (Å²) in [6, 6.07) is 9.64. The quantitative estimate of drug-likeness (QED) is 0.698. The number of rotatable bonds is 3. The van der Waals surface area contributed by atoms with Crippen LogP contribution in [0.3, 0.4) is 0 Å². The van der Waals surface area contributed by atoms with Crippen LogP contribution in [0.2, 0.25) is 5.02 Å². The van der Waals surface area contributed by atoms with Crippen LogP contribution < -0.4 is 10.6 Å². The van der Waals surface area contributed by atoms with Gasteiger partial charge in [0.1, 0.15) is 0 Å². The standard InChI is InChI=1S/C16H13ClN2O3/c1-22-8-9-6-11(18)3-5-14(9)19-15(20)12-4-2-10(17)7-13(12)16(19)21/h2-7H,8,18H2,1H3. The van der Waals surface area contributed by atoms with E-state index in [2.05, 4.69) is 0 Å². The molecule has 22 heavy (non-hydrogen) atoms. The molecule has 2 aromatic carbocycles. The monoisotopic (exact) mass is 316 g/mol. The van der Waals surface area contributed by atoms with Crippen molar-refractivity contribution >= 4 is 34.8 Å². The van der Waals surface area contributed by atoms with Gasteiger partial charge in [0.05, 0.1) is 23.4 Å². The fourth-order valence-electron chi connectivity index (χ4n) is 2.53. The Morgan fingerprint density at radius 1 is 1.09 bits per heavy atom. The first-order valence-corrected chi connectivity index (χ1v) is 6.96. The predicted octanol–water partition coefficient (Wildman–Crippen LogP) is 2.87. The molecule has 112 valence electrons. The van der Waals surface area contributed by atoms with E-state index in [1.165, 1.54) is 13.2 Å². The number of methoxy groups -OCH3 is 1. The number of ether oxygens (including phenoxy) is 1. The number of nitrogens with zero attached hydrogens (tertiary/aromatic N) is 1. The molecule has 2 aromatic rings. The highest BCUT2D eigenvalue weighted by Crippen LogP contribution is 2.33. The van der Waals surface area contributed by atoms with Crippen molar-refractivity contribution in [1.82, 2.24) is 0 Å². The summed E-state index contributed by atoms with van der Waals surface area (Å²) < 4.78 is 5.12. The molecule has 3 rings (SSSR count). The summed E-state index contributed by atoms with van der Waals surface area (Å²) >= 11 is 5.91. The second kappa shape index (κ2) is 5.44. The minimum absolute atomic E-state index is 0.245. The van der Waals surface area contributed by atoms with Crippen molar-refractivity contribution in [1.29, 1.82) is 0 Å². The van der Waals surface area contributed by atoms with Crippen LogP contribution in [0.4, 0.5) is 11.4 Å². The second-order valence-corrected chi connectivity index (χ2v) is 5.39. The first kappa shape index (κ1) is 14.6. The summed E-state index contributed by atoms with van der Waals surface area (Å²) in [6.45, 7) is 0.245. The fourth-order valence-corrected chi connectivity index (χ4v) is 2.70. The minimum atomic E-state index is -0.398. The Morgan fingerprint density at radius 2 is 1.82 bits per heavy atom. The highest BCUT2D eigenvalue weighted by molar-refractivity contribution is 6.36. The van der Waals surface area contributed by atoms with Crippen LogP contribution in [0.5, 0.6) is 0 Å². The number of carbonyl (C=O) groups is 2.